The van der Waals surface area contributed by atoms with Gasteiger partial charge in [0.25, 0.3) is 0 Å². The molecule has 0 heterocycles. The summed E-state index contributed by atoms with van der Waals surface area (Å²) in [7, 11) is 0. The van der Waals surface area contributed by atoms with E-state index in [0.29, 0.717) is 17.7 Å². The molecule has 0 aliphatic heterocycles. The second kappa shape index (κ2) is 8.57. The van der Waals surface area contributed by atoms with E-state index in [1.54, 1.807) is 6.08 Å². The van der Waals surface area contributed by atoms with Gasteiger partial charge in [-0.1, -0.05) is 60.2 Å². The Morgan fingerprint density at radius 3 is 2.25 bits per heavy atom. The van der Waals surface area contributed by atoms with Crippen LogP contribution in [-0.2, 0) is 6.42 Å². The number of carbonyl (C=O) groups is 1. The molecule has 3 nitrogen and oxygen atoms in total. The molecule has 3 rings (SSSR count). The van der Waals surface area contributed by atoms with E-state index in [-0.39, 0.29) is 5.78 Å². The molecule has 0 aromatic heterocycles. The molecule has 3 N–H and O–H groups in total. The Kier molecular flexibility index (Phi) is 5.95. The van der Waals surface area contributed by atoms with Crippen molar-refractivity contribution >= 4 is 17.2 Å². The fourth-order valence-corrected chi connectivity index (χ4v) is 3.02. The van der Waals surface area contributed by atoms with E-state index in [1.165, 1.54) is 5.56 Å². The summed E-state index contributed by atoms with van der Waals surface area (Å²) in [5.74, 6) is -0.0300. The topological polar surface area (TPSA) is 55.1 Å². The fourth-order valence-electron chi connectivity index (χ4n) is 3.02. The molecule has 28 heavy (non-hydrogen) atoms. The van der Waals surface area contributed by atoms with Gasteiger partial charge < -0.3 is 11.1 Å². The highest BCUT2D eigenvalue weighted by molar-refractivity contribution is 6.05. The quantitative estimate of drug-likeness (QED) is 0.337. The summed E-state index contributed by atoms with van der Waals surface area (Å²) in [5, 5.41) is 3.39. The number of allylic oxidation sites excluding steroid dienone is 2. The molecule has 3 heteroatoms. The zero-order chi connectivity index (χ0) is 20.1. The van der Waals surface area contributed by atoms with Gasteiger partial charge >= 0.3 is 0 Å². The van der Waals surface area contributed by atoms with Gasteiger partial charge in [0.2, 0.25) is 0 Å². The monoisotopic (exact) mass is 370 g/mol. The van der Waals surface area contributed by atoms with Gasteiger partial charge in [0.15, 0.2) is 5.78 Å². The van der Waals surface area contributed by atoms with Crippen LogP contribution in [0.25, 0.3) is 0 Å². The first-order chi connectivity index (χ1) is 13.4. The SMILES string of the molecule is Cc1ccc(C/C(=C/C(=O)c2ccccc2)Nc2cc(C)c(C)cc2N)cc1. The Labute approximate surface area is 166 Å². The highest BCUT2D eigenvalue weighted by atomic mass is 16.1. The Bertz CT molecular complexity index is 1000. The van der Waals surface area contributed by atoms with Crippen molar-refractivity contribution in [2.75, 3.05) is 11.1 Å². The van der Waals surface area contributed by atoms with Crippen LogP contribution >= 0.6 is 0 Å². The van der Waals surface area contributed by atoms with E-state index >= 15 is 0 Å². The third-order valence-corrected chi connectivity index (χ3v) is 4.84. The van der Waals surface area contributed by atoms with Crippen LogP contribution in [0.15, 0.2) is 78.5 Å². The molecule has 142 valence electrons. The van der Waals surface area contributed by atoms with Gasteiger partial charge in [-0.05, 0) is 49.6 Å². The van der Waals surface area contributed by atoms with Gasteiger partial charge in [-0.15, -0.1) is 0 Å². The van der Waals surface area contributed by atoms with E-state index in [4.69, 9.17) is 5.73 Å². The van der Waals surface area contributed by atoms with E-state index in [0.717, 1.165) is 28.1 Å². The normalized spacial score (nSPS) is 11.3. The number of hydrogen-bond donors (Lipinski definition) is 2. The van der Waals surface area contributed by atoms with Gasteiger partial charge in [0, 0.05) is 23.8 Å². The Morgan fingerprint density at radius 1 is 0.929 bits per heavy atom. The van der Waals surface area contributed by atoms with E-state index in [9.17, 15) is 4.79 Å². The third kappa shape index (κ3) is 4.89. The van der Waals surface area contributed by atoms with Crippen molar-refractivity contribution in [3.8, 4) is 0 Å². The van der Waals surface area contributed by atoms with Crippen LogP contribution in [0.3, 0.4) is 0 Å². The van der Waals surface area contributed by atoms with E-state index < -0.39 is 0 Å². The number of anilines is 2. The van der Waals surface area contributed by atoms with Crippen LogP contribution in [0.5, 0.6) is 0 Å². The van der Waals surface area contributed by atoms with Crippen molar-refractivity contribution in [1.82, 2.24) is 0 Å². The van der Waals surface area contributed by atoms with E-state index in [2.05, 4.69) is 43.4 Å². The van der Waals surface area contributed by atoms with Crippen molar-refractivity contribution in [3.05, 3.63) is 106 Å². The summed E-state index contributed by atoms with van der Waals surface area (Å²) < 4.78 is 0. The average Bonchev–Trinajstić information content (AvgIpc) is 2.68. The van der Waals surface area contributed by atoms with Crippen LogP contribution in [0.2, 0.25) is 0 Å². The second-order valence-corrected chi connectivity index (χ2v) is 7.21. The minimum atomic E-state index is -0.0300. The summed E-state index contributed by atoms with van der Waals surface area (Å²) in [6.45, 7) is 6.16. The number of nitrogens with one attached hydrogen (secondary N) is 1. The van der Waals surface area contributed by atoms with Crippen LogP contribution in [0.4, 0.5) is 11.4 Å². The molecule has 0 saturated heterocycles. The Hall–Kier alpha value is -3.33. The lowest BCUT2D eigenvalue weighted by Gasteiger charge is -2.15. The molecular weight excluding hydrogens is 344 g/mol. The van der Waals surface area contributed by atoms with Gasteiger partial charge in [-0.25, -0.2) is 0 Å². The van der Waals surface area contributed by atoms with Crippen molar-refractivity contribution in [2.24, 2.45) is 0 Å². The lowest BCUT2D eigenvalue weighted by atomic mass is 10.0. The van der Waals surface area contributed by atoms with Gasteiger partial charge in [-0.2, -0.15) is 0 Å². The maximum absolute atomic E-state index is 12.7. The molecule has 0 aliphatic rings. The number of nitrogen functional groups attached to an aromatic ring is 1. The molecule has 0 unspecified atom stereocenters. The van der Waals surface area contributed by atoms with Crippen molar-refractivity contribution in [3.63, 3.8) is 0 Å². The zero-order valence-corrected chi connectivity index (χ0v) is 16.6. The molecule has 0 bridgehead atoms. The predicted octanol–water partition coefficient (Wildman–Crippen LogP) is 5.62. The second-order valence-electron chi connectivity index (χ2n) is 7.21. The van der Waals surface area contributed by atoms with Crippen molar-refractivity contribution in [2.45, 2.75) is 27.2 Å². The average molecular weight is 370 g/mol. The summed E-state index contributed by atoms with van der Waals surface area (Å²) >= 11 is 0. The summed E-state index contributed by atoms with van der Waals surface area (Å²) in [5.41, 5.74) is 13.8. The highest BCUT2D eigenvalue weighted by Gasteiger charge is 2.09. The number of nitrogens with two attached hydrogens (primary N) is 1. The molecule has 0 atom stereocenters. The number of ketones is 1. The maximum Gasteiger partial charge on any atom is 0.187 e. The standard InChI is InChI=1S/C25H26N2O/c1-17-9-11-20(12-10-17)15-22(16-25(28)21-7-5-4-6-8-21)27-24-14-19(3)18(2)13-23(24)26/h4-14,16,27H,15,26H2,1-3H3/b22-16-. The number of rotatable bonds is 6. The van der Waals surface area contributed by atoms with Crippen LogP contribution < -0.4 is 11.1 Å². The highest BCUT2D eigenvalue weighted by Crippen LogP contribution is 2.25. The lowest BCUT2D eigenvalue weighted by molar-refractivity contribution is 0.104. The molecule has 0 spiro atoms. The summed E-state index contributed by atoms with van der Waals surface area (Å²) in [6.07, 6.45) is 2.29. The molecule has 0 saturated carbocycles. The maximum atomic E-state index is 12.7. The molecule has 0 amide bonds. The molecule has 3 aromatic carbocycles. The Morgan fingerprint density at radius 2 is 1.57 bits per heavy atom. The molecular formula is C25H26N2O. The number of carbonyl (C=O) groups excluding carboxylic acids is 1. The minimum Gasteiger partial charge on any atom is -0.397 e. The summed E-state index contributed by atoms with van der Waals surface area (Å²) in [6, 6.07) is 21.6. The van der Waals surface area contributed by atoms with Crippen LogP contribution in [0, 0.1) is 20.8 Å². The molecule has 0 radical (unpaired) electrons. The van der Waals surface area contributed by atoms with Gasteiger partial charge in [0.1, 0.15) is 0 Å². The molecule has 0 aliphatic carbocycles. The Balaban J connectivity index is 1.94. The van der Waals surface area contributed by atoms with Gasteiger partial charge in [-0.3, -0.25) is 4.79 Å². The lowest BCUT2D eigenvalue weighted by Crippen LogP contribution is -2.09. The zero-order valence-electron chi connectivity index (χ0n) is 16.6. The first-order valence-corrected chi connectivity index (χ1v) is 9.41. The third-order valence-electron chi connectivity index (χ3n) is 4.84. The smallest absolute Gasteiger partial charge is 0.187 e. The van der Waals surface area contributed by atoms with Gasteiger partial charge in [0.05, 0.1) is 11.4 Å². The fraction of sp³-hybridized carbons (Fsp3) is 0.160. The predicted molar refractivity (Wildman–Crippen MR) is 118 cm³/mol. The molecule has 3 aromatic rings. The van der Waals surface area contributed by atoms with E-state index in [1.807, 2.05) is 49.4 Å². The first-order valence-electron chi connectivity index (χ1n) is 9.41. The number of benzene rings is 3. The van der Waals surface area contributed by atoms with Crippen molar-refractivity contribution < 1.29 is 4.79 Å². The largest absolute Gasteiger partial charge is 0.397 e. The van der Waals surface area contributed by atoms with Crippen molar-refractivity contribution in [1.29, 1.82) is 0 Å². The first kappa shape index (κ1) is 19.4. The number of aryl methyl sites for hydroxylation is 3. The minimum absolute atomic E-state index is 0.0300. The number of hydrogen-bond acceptors (Lipinski definition) is 3. The van der Waals surface area contributed by atoms with Crippen LogP contribution in [-0.4, -0.2) is 5.78 Å². The molecule has 0 fully saturated rings. The summed E-state index contributed by atoms with van der Waals surface area (Å²) in [4.78, 5) is 12.7. The van der Waals surface area contributed by atoms with Crippen LogP contribution in [0.1, 0.15) is 32.6 Å².